The molecular weight excluding hydrogens is 326 g/mol. The van der Waals surface area contributed by atoms with Crippen LogP contribution in [-0.2, 0) is 14.6 Å². The number of ether oxygens (including phenoxy) is 1. The molecular formula is C15H14ClNO4S. The van der Waals surface area contributed by atoms with E-state index in [1.807, 2.05) is 0 Å². The summed E-state index contributed by atoms with van der Waals surface area (Å²) in [5.41, 5.74) is 0.322. The second-order valence-electron chi connectivity index (χ2n) is 4.46. The maximum Gasteiger partial charge on any atom is 0.240 e. The van der Waals surface area contributed by atoms with E-state index in [4.69, 9.17) is 16.3 Å². The molecule has 2 aromatic carbocycles. The van der Waals surface area contributed by atoms with Crippen molar-refractivity contribution in [3.05, 3.63) is 53.6 Å². The summed E-state index contributed by atoms with van der Waals surface area (Å²) in [5.74, 6) is -0.925. The summed E-state index contributed by atoms with van der Waals surface area (Å²) in [6.07, 6.45) is 0. The van der Waals surface area contributed by atoms with Crippen LogP contribution in [0.2, 0.25) is 5.02 Å². The van der Waals surface area contributed by atoms with Crippen molar-refractivity contribution in [1.29, 1.82) is 0 Å². The van der Waals surface area contributed by atoms with Gasteiger partial charge in [0.05, 0.1) is 17.7 Å². The molecule has 0 saturated carbocycles. The topological polar surface area (TPSA) is 72.5 Å². The number of hydrogen-bond donors (Lipinski definition) is 1. The van der Waals surface area contributed by atoms with Crippen molar-refractivity contribution >= 4 is 33.0 Å². The van der Waals surface area contributed by atoms with Crippen molar-refractivity contribution in [3.63, 3.8) is 0 Å². The van der Waals surface area contributed by atoms with Crippen LogP contribution in [-0.4, -0.2) is 27.2 Å². The molecule has 7 heteroatoms. The van der Waals surface area contributed by atoms with E-state index in [0.29, 0.717) is 16.5 Å². The van der Waals surface area contributed by atoms with Crippen molar-refractivity contribution < 1.29 is 17.9 Å². The number of anilines is 1. The molecule has 0 unspecified atom stereocenters. The van der Waals surface area contributed by atoms with Crippen molar-refractivity contribution in [2.75, 3.05) is 18.2 Å². The summed E-state index contributed by atoms with van der Waals surface area (Å²) >= 11 is 5.86. The van der Waals surface area contributed by atoms with Gasteiger partial charge in [-0.05, 0) is 30.3 Å². The van der Waals surface area contributed by atoms with Gasteiger partial charge in [-0.2, -0.15) is 0 Å². The largest absolute Gasteiger partial charge is 0.495 e. The monoisotopic (exact) mass is 339 g/mol. The third-order valence-corrected chi connectivity index (χ3v) is 4.73. The van der Waals surface area contributed by atoms with E-state index < -0.39 is 21.5 Å². The minimum Gasteiger partial charge on any atom is -0.495 e. The minimum atomic E-state index is -3.70. The van der Waals surface area contributed by atoms with Crippen LogP contribution in [0.4, 0.5) is 5.69 Å². The summed E-state index contributed by atoms with van der Waals surface area (Å²) in [4.78, 5) is 12.1. The maximum atomic E-state index is 12.1. The number of hydrogen-bond acceptors (Lipinski definition) is 4. The maximum absolute atomic E-state index is 12.1. The predicted molar refractivity (Wildman–Crippen MR) is 85.1 cm³/mol. The molecule has 0 aliphatic carbocycles. The Kier molecular flexibility index (Phi) is 5.05. The van der Waals surface area contributed by atoms with Gasteiger partial charge in [0.2, 0.25) is 5.91 Å². The second kappa shape index (κ2) is 6.81. The fraction of sp³-hybridized carbons (Fsp3) is 0.133. The van der Waals surface area contributed by atoms with Gasteiger partial charge in [0.1, 0.15) is 11.5 Å². The second-order valence-corrected chi connectivity index (χ2v) is 6.89. The number of benzene rings is 2. The molecule has 0 spiro atoms. The lowest BCUT2D eigenvalue weighted by molar-refractivity contribution is -0.113. The van der Waals surface area contributed by atoms with E-state index in [0.717, 1.165) is 0 Å². The SMILES string of the molecule is COc1ccc(Cl)cc1NC(=O)CS(=O)(=O)c1ccccc1. The smallest absolute Gasteiger partial charge is 0.240 e. The Bertz CT molecular complexity index is 775. The third kappa shape index (κ3) is 3.99. The van der Waals surface area contributed by atoms with Crippen molar-refractivity contribution in [2.24, 2.45) is 0 Å². The van der Waals surface area contributed by atoms with E-state index in [-0.39, 0.29) is 4.90 Å². The molecule has 0 radical (unpaired) electrons. The molecule has 1 amide bonds. The van der Waals surface area contributed by atoms with Gasteiger partial charge >= 0.3 is 0 Å². The Morgan fingerprint density at radius 2 is 1.86 bits per heavy atom. The fourth-order valence-corrected chi connectivity index (χ4v) is 3.18. The average molecular weight is 340 g/mol. The van der Waals surface area contributed by atoms with Gasteiger partial charge in [-0.25, -0.2) is 8.42 Å². The molecule has 0 bridgehead atoms. The Labute approximate surface area is 133 Å². The summed E-state index contributed by atoms with van der Waals surface area (Å²) in [6, 6.07) is 12.5. The molecule has 0 aromatic heterocycles. The van der Waals surface area contributed by atoms with Crippen LogP contribution in [0.3, 0.4) is 0 Å². The Balaban J connectivity index is 2.16. The van der Waals surface area contributed by atoms with Gasteiger partial charge < -0.3 is 10.1 Å². The normalized spacial score (nSPS) is 11.0. The van der Waals surface area contributed by atoms with Gasteiger partial charge in [-0.3, -0.25) is 4.79 Å². The van der Waals surface area contributed by atoms with E-state index in [1.54, 1.807) is 30.3 Å². The summed E-state index contributed by atoms with van der Waals surface area (Å²) in [7, 11) is -2.25. The Morgan fingerprint density at radius 1 is 1.18 bits per heavy atom. The molecule has 2 rings (SSSR count). The number of methoxy groups -OCH3 is 1. The van der Waals surface area contributed by atoms with Crippen molar-refractivity contribution in [2.45, 2.75) is 4.90 Å². The number of halogens is 1. The van der Waals surface area contributed by atoms with Gasteiger partial charge in [-0.1, -0.05) is 29.8 Å². The van der Waals surface area contributed by atoms with Gasteiger partial charge in [0, 0.05) is 5.02 Å². The highest BCUT2D eigenvalue weighted by Gasteiger charge is 2.20. The third-order valence-electron chi connectivity index (χ3n) is 2.86. The van der Waals surface area contributed by atoms with Crippen molar-refractivity contribution in [3.8, 4) is 5.75 Å². The van der Waals surface area contributed by atoms with Crippen LogP contribution in [0.15, 0.2) is 53.4 Å². The van der Waals surface area contributed by atoms with Gasteiger partial charge in [-0.15, -0.1) is 0 Å². The van der Waals surface area contributed by atoms with Crippen LogP contribution < -0.4 is 10.1 Å². The molecule has 1 N–H and O–H groups in total. The Morgan fingerprint density at radius 3 is 2.50 bits per heavy atom. The van der Waals surface area contributed by atoms with E-state index >= 15 is 0 Å². The highest BCUT2D eigenvalue weighted by Crippen LogP contribution is 2.27. The van der Waals surface area contributed by atoms with Crippen LogP contribution in [0, 0.1) is 0 Å². The highest BCUT2D eigenvalue weighted by atomic mass is 35.5. The first-order chi connectivity index (χ1) is 10.4. The molecule has 0 aliphatic rings. The first-order valence-corrected chi connectivity index (χ1v) is 8.36. The lowest BCUT2D eigenvalue weighted by atomic mass is 10.3. The molecule has 116 valence electrons. The standard InChI is InChI=1S/C15H14ClNO4S/c1-21-14-8-7-11(16)9-13(14)17-15(18)10-22(19,20)12-5-3-2-4-6-12/h2-9H,10H2,1H3,(H,17,18). The average Bonchev–Trinajstić information content (AvgIpc) is 2.48. The van der Waals surface area contributed by atoms with Crippen molar-refractivity contribution in [1.82, 2.24) is 0 Å². The number of nitrogens with one attached hydrogen (secondary N) is 1. The zero-order valence-electron chi connectivity index (χ0n) is 11.7. The van der Waals surface area contributed by atoms with E-state index in [9.17, 15) is 13.2 Å². The molecule has 0 aliphatic heterocycles. The van der Waals surface area contributed by atoms with Crippen LogP contribution in [0.5, 0.6) is 5.75 Å². The highest BCUT2D eigenvalue weighted by molar-refractivity contribution is 7.92. The molecule has 0 saturated heterocycles. The lowest BCUT2D eigenvalue weighted by Gasteiger charge is -2.10. The molecule has 0 atom stereocenters. The van der Waals surface area contributed by atoms with E-state index in [1.165, 1.54) is 25.3 Å². The quantitative estimate of drug-likeness (QED) is 0.909. The number of carbonyl (C=O) groups excluding carboxylic acids is 1. The fourth-order valence-electron chi connectivity index (χ4n) is 1.85. The van der Waals surface area contributed by atoms with Crippen LogP contribution in [0.25, 0.3) is 0 Å². The summed E-state index contributed by atoms with van der Waals surface area (Å²) in [5, 5.41) is 2.91. The molecule has 2 aromatic rings. The number of amides is 1. The molecule has 5 nitrogen and oxygen atoms in total. The van der Waals surface area contributed by atoms with Crippen LogP contribution >= 0.6 is 11.6 Å². The van der Waals surface area contributed by atoms with Crippen LogP contribution in [0.1, 0.15) is 0 Å². The number of rotatable bonds is 5. The first-order valence-electron chi connectivity index (χ1n) is 6.33. The first kappa shape index (κ1) is 16.3. The summed E-state index contributed by atoms with van der Waals surface area (Å²) < 4.78 is 29.4. The van der Waals surface area contributed by atoms with Gasteiger partial charge in [0.15, 0.2) is 9.84 Å². The molecule has 22 heavy (non-hydrogen) atoms. The number of sulfone groups is 1. The number of carbonyl (C=O) groups is 1. The zero-order valence-corrected chi connectivity index (χ0v) is 13.3. The summed E-state index contributed by atoms with van der Waals surface area (Å²) in [6.45, 7) is 0. The molecule has 0 heterocycles. The Hall–Kier alpha value is -2.05. The van der Waals surface area contributed by atoms with Gasteiger partial charge in [0.25, 0.3) is 0 Å². The van der Waals surface area contributed by atoms with E-state index in [2.05, 4.69) is 5.32 Å². The predicted octanol–water partition coefficient (Wildman–Crippen LogP) is 2.76. The lowest BCUT2D eigenvalue weighted by Crippen LogP contribution is -2.23. The minimum absolute atomic E-state index is 0.100. The zero-order chi connectivity index (χ0) is 16.2. The molecule has 0 fully saturated rings.